The maximum atomic E-state index is 11.5. The molecule has 0 amide bonds. The molecular formula is C17H17ClO4. The molecule has 0 unspecified atom stereocenters. The summed E-state index contributed by atoms with van der Waals surface area (Å²) in [5.74, 6) is 0.852. The van der Waals surface area contributed by atoms with Crippen LogP contribution >= 0.6 is 11.6 Å². The fourth-order valence-corrected chi connectivity index (χ4v) is 2.14. The zero-order chi connectivity index (χ0) is 15.9. The second-order valence-corrected chi connectivity index (χ2v) is 4.99. The number of rotatable bonds is 6. The van der Waals surface area contributed by atoms with E-state index in [1.807, 2.05) is 24.3 Å². The summed E-state index contributed by atoms with van der Waals surface area (Å²) < 4.78 is 15.5. The molecule has 116 valence electrons. The molecule has 0 aromatic heterocycles. The molecule has 0 radical (unpaired) electrons. The molecule has 0 saturated heterocycles. The SMILES string of the molecule is COC(=O)c1ccc(Cl)c(OCCc2cccc(OC)c2)c1. The number of carbonyl (C=O) groups is 1. The Bertz CT molecular complexity index is 655. The van der Waals surface area contributed by atoms with Gasteiger partial charge in [0.2, 0.25) is 0 Å². The quantitative estimate of drug-likeness (QED) is 0.760. The van der Waals surface area contributed by atoms with E-state index < -0.39 is 5.97 Å². The van der Waals surface area contributed by atoms with Crippen LogP contribution in [0.25, 0.3) is 0 Å². The van der Waals surface area contributed by atoms with Gasteiger partial charge in [-0.3, -0.25) is 0 Å². The molecule has 0 aliphatic heterocycles. The lowest BCUT2D eigenvalue weighted by atomic mass is 10.1. The second-order valence-electron chi connectivity index (χ2n) is 4.59. The number of hydrogen-bond acceptors (Lipinski definition) is 4. The van der Waals surface area contributed by atoms with Crippen LogP contribution in [-0.4, -0.2) is 26.8 Å². The molecule has 2 rings (SSSR count). The molecule has 4 nitrogen and oxygen atoms in total. The molecule has 0 fully saturated rings. The van der Waals surface area contributed by atoms with Gasteiger partial charge in [0.15, 0.2) is 0 Å². The highest BCUT2D eigenvalue weighted by Gasteiger charge is 2.10. The number of carbonyl (C=O) groups excluding carboxylic acids is 1. The van der Waals surface area contributed by atoms with Crippen molar-refractivity contribution in [2.45, 2.75) is 6.42 Å². The lowest BCUT2D eigenvalue weighted by molar-refractivity contribution is 0.0600. The summed E-state index contributed by atoms with van der Waals surface area (Å²) in [5.41, 5.74) is 1.50. The smallest absolute Gasteiger partial charge is 0.337 e. The number of esters is 1. The molecule has 0 N–H and O–H groups in total. The van der Waals surface area contributed by atoms with E-state index in [4.69, 9.17) is 21.1 Å². The summed E-state index contributed by atoms with van der Waals surface area (Å²) in [7, 11) is 2.97. The standard InChI is InChI=1S/C17H17ClO4/c1-20-14-5-3-4-12(10-14)8-9-22-16-11-13(17(19)21-2)6-7-15(16)18/h3-7,10-11H,8-9H2,1-2H3. The minimum atomic E-state index is -0.422. The molecule has 0 spiro atoms. The number of benzene rings is 2. The minimum absolute atomic E-state index is 0.406. The highest BCUT2D eigenvalue weighted by Crippen LogP contribution is 2.26. The van der Waals surface area contributed by atoms with E-state index in [2.05, 4.69) is 4.74 Å². The summed E-state index contributed by atoms with van der Waals surface area (Å²) >= 11 is 6.08. The van der Waals surface area contributed by atoms with Crippen LogP contribution in [0.4, 0.5) is 0 Å². The monoisotopic (exact) mass is 320 g/mol. The lowest BCUT2D eigenvalue weighted by Gasteiger charge is -2.10. The summed E-state index contributed by atoms with van der Waals surface area (Å²) in [6, 6.07) is 12.6. The van der Waals surface area contributed by atoms with Crippen LogP contribution in [0.5, 0.6) is 11.5 Å². The Hall–Kier alpha value is -2.20. The third kappa shape index (κ3) is 4.15. The van der Waals surface area contributed by atoms with Crippen molar-refractivity contribution >= 4 is 17.6 Å². The molecule has 0 heterocycles. The van der Waals surface area contributed by atoms with Crippen molar-refractivity contribution < 1.29 is 19.0 Å². The molecule has 22 heavy (non-hydrogen) atoms. The van der Waals surface area contributed by atoms with Crippen LogP contribution < -0.4 is 9.47 Å². The minimum Gasteiger partial charge on any atom is -0.497 e. The number of halogens is 1. The zero-order valence-corrected chi connectivity index (χ0v) is 13.2. The third-order valence-electron chi connectivity index (χ3n) is 3.13. The normalized spacial score (nSPS) is 10.1. The van der Waals surface area contributed by atoms with E-state index in [9.17, 15) is 4.79 Å². The second kappa shape index (κ2) is 7.71. The number of ether oxygens (including phenoxy) is 3. The fourth-order valence-electron chi connectivity index (χ4n) is 1.97. The van der Waals surface area contributed by atoms with E-state index in [1.54, 1.807) is 25.3 Å². The van der Waals surface area contributed by atoms with E-state index >= 15 is 0 Å². The van der Waals surface area contributed by atoms with Crippen molar-refractivity contribution in [2.75, 3.05) is 20.8 Å². The van der Waals surface area contributed by atoms with E-state index in [-0.39, 0.29) is 0 Å². The molecular weight excluding hydrogens is 304 g/mol. The fraction of sp³-hybridized carbons (Fsp3) is 0.235. The average Bonchev–Trinajstić information content (AvgIpc) is 2.56. The average molecular weight is 321 g/mol. The number of methoxy groups -OCH3 is 2. The van der Waals surface area contributed by atoms with Crippen LogP contribution in [0.1, 0.15) is 15.9 Å². The van der Waals surface area contributed by atoms with Gasteiger partial charge in [0.25, 0.3) is 0 Å². The Morgan fingerprint density at radius 3 is 2.68 bits per heavy atom. The third-order valence-corrected chi connectivity index (χ3v) is 3.45. The van der Waals surface area contributed by atoms with Gasteiger partial charge in [0, 0.05) is 6.42 Å². The lowest BCUT2D eigenvalue weighted by Crippen LogP contribution is -2.05. The zero-order valence-electron chi connectivity index (χ0n) is 12.5. The van der Waals surface area contributed by atoms with Crippen molar-refractivity contribution in [3.8, 4) is 11.5 Å². The molecule has 0 aliphatic rings. The molecule has 0 atom stereocenters. The van der Waals surface area contributed by atoms with Crippen LogP contribution in [0.2, 0.25) is 5.02 Å². The Morgan fingerprint density at radius 1 is 1.14 bits per heavy atom. The molecule has 0 aliphatic carbocycles. The van der Waals surface area contributed by atoms with Crippen molar-refractivity contribution in [3.63, 3.8) is 0 Å². The van der Waals surface area contributed by atoms with Crippen LogP contribution in [0.15, 0.2) is 42.5 Å². The first-order valence-corrected chi connectivity index (χ1v) is 7.15. The maximum Gasteiger partial charge on any atom is 0.337 e. The van der Waals surface area contributed by atoms with Gasteiger partial charge in [-0.2, -0.15) is 0 Å². The maximum absolute atomic E-state index is 11.5. The summed E-state index contributed by atoms with van der Waals surface area (Å²) in [4.78, 5) is 11.5. The summed E-state index contributed by atoms with van der Waals surface area (Å²) in [6.07, 6.45) is 0.704. The topological polar surface area (TPSA) is 44.8 Å². The molecule has 0 saturated carbocycles. The van der Waals surface area contributed by atoms with Crippen LogP contribution in [-0.2, 0) is 11.2 Å². The highest BCUT2D eigenvalue weighted by atomic mass is 35.5. The molecule has 5 heteroatoms. The van der Waals surface area contributed by atoms with Gasteiger partial charge in [-0.25, -0.2) is 4.79 Å². The Labute approximate surface area is 134 Å². The highest BCUT2D eigenvalue weighted by molar-refractivity contribution is 6.32. The van der Waals surface area contributed by atoms with E-state index in [0.29, 0.717) is 29.4 Å². The summed E-state index contributed by atoms with van der Waals surface area (Å²) in [5, 5.41) is 0.457. The van der Waals surface area contributed by atoms with Gasteiger partial charge < -0.3 is 14.2 Å². The Balaban J connectivity index is 2.00. The molecule has 2 aromatic carbocycles. The first-order valence-electron chi connectivity index (χ1n) is 6.77. The number of hydrogen-bond donors (Lipinski definition) is 0. The van der Waals surface area contributed by atoms with Gasteiger partial charge in [0.1, 0.15) is 11.5 Å². The van der Waals surface area contributed by atoms with Crippen LogP contribution in [0, 0.1) is 0 Å². The van der Waals surface area contributed by atoms with E-state index in [1.165, 1.54) is 7.11 Å². The van der Waals surface area contributed by atoms with E-state index in [0.717, 1.165) is 11.3 Å². The van der Waals surface area contributed by atoms with Gasteiger partial charge in [-0.15, -0.1) is 0 Å². The largest absolute Gasteiger partial charge is 0.497 e. The van der Waals surface area contributed by atoms with Crippen molar-refractivity contribution in [1.29, 1.82) is 0 Å². The van der Waals surface area contributed by atoms with Gasteiger partial charge >= 0.3 is 5.97 Å². The summed E-state index contributed by atoms with van der Waals surface area (Å²) in [6.45, 7) is 0.442. The van der Waals surface area contributed by atoms with Gasteiger partial charge in [-0.05, 0) is 35.9 Å². The van der Waals surface area contributed by atoms with Gasteiger partial charge in [-0.1, -0.05) is 23.7 Å². The van der Waals surface area contributed by atoms with Crippen molar-refractivity contribution in [3.05, 3.63) is 58.6 Å². The molecule has 2 aromatic rings. The molecule has 0 bridgehead atoms. The van der Waals surface area contributed by atoms with Crippen LogP contribution in [0.3, 0.4) is 0 Å². The van der Waals surface area contributed by atoms with Crippen molar-refractivity contribution in [1.82, 2.24) is 0 Å². The predicted octanol–water partition coefficient (Wildman–Crippen LogP) is 3.76. The predicted molar refractivity (Wildman–Crippen MR) is 85.0 cm³/mol. The Morgan fingerprint density at radius 2 is 1.95 bits per heavy atom. The van der Waals surface area contributed by atoms with Crippen molar-refractivity contribution in [2.24, 2.45) is 0 Å². The first kappa shape index (κ1) is 16.2. The van der Waals surface area contributed by atoms with Gasteiger partial charge in [0.05, 0.1) is 31.4 Å². The Kier molecular flexibility index (Phi) is 5.67. The first-order chi connectivity index (χ1) is 10.6.